The molecule has 1 unspecified atom stereocenters. The van der Waals surface area contributed by atoms with Gasteiger partial charge in [0, 0.05) is 52.2 Å². The average molecular weight is 399 g/mol. The number of piperidine rings is 1. The van der Waals surface area contributed by atoms with Gasteiger partial charge in [-0.25, -0.2) is 0 Å². The predicted molar refractivity (Wildman–Crippen MR) is 104 cm³/mol. The van der Waals surface area contributed by atoms with Crippen LogP contribution in [0.4, 0.5) is 0 Å². The molecule has 3 aliphatic heterocycles. The topological polar surface area (TPSA) is 111 Å². The number of nitrogens with one attached hydrogen (secondary N) is 3. The van der Waals surface area contributed by atoms with Crippen molar-refractivity contribution in [2.45, 2.75) is 25.4 Å². The van der Waals surface area contributed by atoms with Crippen LogP contribution in [0.3, 0.4) is 0 Å². The van der Waals surface area contributed by atoms with Crippen LogP contribution in [0.25, 0.3) is 0 Å². The van der Waals surface area contributed by atoms with E-state index in [9.17, 15) is 19.2 Å². The quantitative estimate of drug-likeness (QED) is 0.564. The molecule has 9 nitrogen and oxygen atoms in total. The van der Waals surface area contributed by atoms with E-state index >= 15 is 0 Å². The van der Waals surface area contributed by atoms with Crippen LogP contribution >= 0.6 is 0 Å². The Balaban J connectivity index is 1.57. The number of carbonyl (C=O) groups is 4. The van der Waals surface area contributed by atoms with E-state index in [0.717, 1.165) is 49.7 Å². The van der Waals surface area contributed by atoms with Crippen molar-refractivity contribution >= 4 is 23.6 Å². The fourth-order valence-corrected chi connectivity index (χ4v) is 4.13. The Bertz CT molecular complexity index is 845. The fourth-order valence-electron chi connectivity index (χ4n) is 4.13. The van der Waals surface area contributed by atoms with Crippen LogP contribution in [0.15, 0.2) is 18.2 Å². The van der Waals surface area contributed by atoms with Crippen molar-refractivity contribution in [2.24, 2.45) is 0 Å². The molecule has 3 N–H and O–H groups in total. The average Bonchev–Trinajstić information content (AvgIpc) is 3.02. The molecule has 1 aromatic carbocycles. The van der Waals surface area contributed by atoms with Gasteiger partial charge in [0.15, 0.2) is 0 Å². The Morgan fingerprint density at radius 3 is 2.34 bits per heavy atom. The summed E-state index contributed by atoms with van der Waals surface area (Å²) < 4.78 is 0. The van der Waals surface area contributed by atoms with Crippen LogP contribution in [0, 0.1) is 0 Å². The number of fused-ring (bicyclic) bond motifs is 1. The van der Waals surface area contributed by atoms with Crippen LogP contribution in [-0.2, 0) is 16.1 Å². The second-order valence-electron chi connectivity index (χ2n) is 7.56. The second-order valence-corrected chi connectivity index (χ2v) is 7.56. The zero-order valence-electron chi connectivity index (χ0n) is 16.2. The third-order valence-corrected chi connectivity index (χ3v) is 5.64. The molecule has 154 valence electrons. The van der Waals surface area contributed by atoms with Crippen LogP contribution in [0.5, 0.6) is 0 Å². The molecule has 3 heterocycles. The summed E-state index contributed by atoms with van der Waals surface area (Å²) in [4.78, 5) is 53.0. The van der Waals surface area contributed by atoms with Crippen molar-refractivity contribution in [1.82, 2.24) is 25.8 Å². The van der Waals surface area contributed by atoms with Crippen molar-refractivity contribution in [3.05, 3.63) is 34.9 Å². The zero-order valence-corrected chi connectivity index (χ0v) is 16.2. The van der Waals surface area contributed by atoms with Gasteiger partial charge in [0.25, 0.3) is 11.8 Å². The highest BCUT2D eigenvalue weighted by Gasteiger charge is 2.45. The van der Waals surface area contributed by atoms with Gasteiger partial charge in [-0.1, -0.05) is 12.1 Å². The molecule has 29 heavy (non-hydrogen) atoms. The highest BCUT2D eigenvalue weighted by molar-refractivity contribution is 6.24. The monoisotopic (exact) mass is 399 g/mol. The highest BCUT2D eigenvalue weighted by Crippen LogP contribution is 2.30. The lowest BCUT2D eigenvalue weighted by molar-refractivity contribution is -0.136. The summed E-state index contributed by atoms with van der Waals surface area (Å²) in [6, 6.07) is 4.34. The van der Waals surface area contributed by atoms with Gasteiger partial charge in [-0.3, -0.25) is 34.3 Å². The number of hydrogen-bond acceptors (Lipinski definition) is 7. The first-order valence-corrected chi connectivity index (χ1v) is 10.0. The molecular weight excluding hydrogens is 374 g/mol. The smallest absolute Gasteiger partial charge is 0.262 e. The van der Waals surface area contributed by atoms with Crippen molar-refractivity contribution in [2.75, 3.05) is 39.3 Å². The standard InChI is InChI=1S/C20H25N5O4/c26-16-5-4-15(18(27)23-16)25-19(28)14-3-1-2-13(17(14)20(25)29)12-24-10-8-21-6-7-22-9-11-24/h1-3,15,21-22H,4-12H2,(H,23,26,27). The molecule has 2 saturated heterocycles. The molecule has 3 aliphatic rings. The van der Waals surface area contributed by atoms with E-state index in [2.05, 4.69) is 20.9 Å². The van der Waals surface area contributed by atoms with Crippen LogP contribution < -0.4 is 16.0 Å². The Morgan fingerprint density at radius 1 is 0.931 bits per heavy atom. The third kappa shape index (κ3) is 3.93. The lowest BCUT2D eigenvalue weighted by atomic mass is 10.0. The van der Waals surface area contributed by atoms with E-state index in [0.29, 0.717) is 17.7 Å². The number of nitrogens with zero attached hydrogens (tertiary/aromatic N) is 2. The summed E-state index contributed by atoms with van der Waals surface area (Å²) in [5, 5.41) is 8.96. The third-order valence-electron chi connectivity index (χ3n) is 5.64. The van der Waals surface area contributed by atoms with Crippen molar-refractivity contribution in [1.29, 1.82) is 0 Å². The molecule has 1 atom stereocenters. The molecule has 0 saturated carbocycles. The largest absolute Gasteiger partial charge is 0.314 e. The number of benzene rings is 1. The Hall–Kier alpha value is -2.62. The van der Waals surface area contributed by atoms with Gasteiger partial charge >= 0.3 is 0 Å². The lowest BCUT2D eigenvalue weighted by Crippen LogP contribution is -2.54. The summed E-state index contributed by atoms with van der Waals surface area (Å²) in [5.41, 5.74) is 1.50. The van der Waals surface area contributed by atoms with Gasteiger partial charge in [-0.15, -0.1) is 0 Å². The van der Waals surface area contributed by atoms with Gasteiger partial charge in [0.05, 0.1) is 11.1 Å². The minimum absolute atomic E-state index is 0.116. The predicted octanol–water partition coefficient (Wildman–Crippen LogP) is -0.917. The second kappa shape index (κ2) is 8.40. The van der Waals surface area contributed by atoms with Gasteiger partial charge in [-0.2, -0.15) is 0 Å². The highest BCUT2D eigenvalue weighted by atomic mass is 16.2. The number of hydrogen-bond donors (Lipinski definition) is 3. The van der Waals surface area contributed by atoms with Crippen LogP contribution in [-0.4, -0.2) is 78.7 Å². The molecule has 2 fully saturated rings. The Kier molecular flexibility index (Phi) is 5.70. The maximum atomic E-state index is 13.2. The van der Waals surface area contributed by atoms with Gasteiger partial charge in [-0.05, 0) is 18.1 Å². The lowest BCUT2D eigenvalue weighted by Gasteiger charge is -2.28. The number of carbonyl (C=O) groups excluding carboxylic acids is 4. The molecule has 9 heteroatoms. The van der Waals surface area contributed by atoms with Gasteiger partial charge < -0.3 is 10.6 Å². The summed E-state index contributed by atoms with van der Waals surface area (Å²) >= 11 is 0. The first-order chi connectivity index (χ1) is 14.1. The molecule has 0 radical (unpaired) electrons. The Labute approximate surface area is 168 Å². The summed E-state index contributed by atoms with van der Waals surface area (Å²) in [6.45, 7) is 5.77. The molecule has 1 aromatic rings. The van der Waals surface area contributed by atoms with E-state index in [4.69, 9.17) is 0 Å². The fraction of sp³-hybridized carbons (Fsp3) is 0.500. The molecule has 4 amide bonds. The summed E-state index contributed by atoms with van der Waals surface area (Å²) in [7, 11) is 0. The van der Waals surface area contributed by atoms with Crippen LogP contribution in [0.1, 0.15) is 39.1 Å². The molecule has 4 rings (SSSR count). The number of imide groups is 2. The summed E-state index contributed by atoms with van der Waals surface area (Å²) in [6.07, 6.45) is 0.277. The normalized spacial score (nSPS) is 24.0. The molecular formula is C20H25N5O4. The number of amides is 4. The van der Waals surface area contributed by atoms with Gasteiger partial charge in [0.1, 0.15) is 6.04 Å². The van der Waals surface area contributed by atoms with Crippen molar-refractivity contribution < 1.29 is 19.2 Å². The van der Waals surface area contributed by atoms with Gasteiger partial charge in [0.2, 0.25) is 11.8 Å². The van der Waals surface area contributed by atoms with E-state index in [-0.39, 0.29) is 18.7 Å². The SMILES string of the molecule is O=C1CCC(N2C(=O)c3cccc(CN4CCNCCNCC4)c3C2=O)C(=O)N1. The Morgan fingerprint density at radius 2 is 1.66 bits per heavy atom. The maximum Gasteiger partial charge on any atom is 0.262 e. The minimum atomic E-state index is -0.938. The summed E-state index contributed by atoms with van der Waals surface area (Å²) in [5.74, 6) is -1.88. The van der Waals surface area contributed by atoms with Crippen molar-refractivity contribution in [3.8, 4) is 0 Å². The zero-order chi connectivity index (χ0) is 20.4. The maximum absolute atomic E-state index is 13.2. The van der Waals surface area contributed by atoms with E-state index in [1.165, 1.54) is 0 Å². The van der Waals surface area contributed by atoms with E-state index < -0.39 is 23.8 Å². The molecule has 0 bridgehead atoms. The first kappa shape index (κ1) is 19.7. The molecule has 0 aromatic heterocycles. The first-order valence-electron chi connectivity index (χ1n) is 10.0. The molecule has 0 spiro atoms. The van der Waals surface area contributed by atoms with Crippen molar-refractivity contribution in [3.63, 3.8) is 0 Å². The number of rotatable bonds is 3. The minimum Gasteiger partial charge on any atom is -0.314 e. The molecule has 0 aliphatic carbocycles. The van der Waals surface area contributed by atoms with E-state index in [1.54, 1.807) is 12.1 Å². The van der Waals surface area contributed by atoms with Crippen LogP contribution in [0.2, 0.25) is 0 Å². The van der Waals surface area contributed by atoms with E-state index in [1.807, 2.05) is 6.07 Å².